The Labute approximate surface area is 108 Å². The van der Waals surface area contributed by atoms with Crippen molar-refractivity contribution in [2.45, 2.75) is 24.2 Å². The summed E-state index contributed by atoms with van der Waals surface area (Å²) in [5.41, 5.74) is 5.37. The largest absolute Gasteiger partial charge is 0.409 e. The maximum Gasteiger partial charge on any atom is 0.139 e. The number of nitrogens with two attached hydrogens (primary N) is 1. The molecule has 5 heteroatoms. The van der Waals surface area contributed by atoms with Crippen molar-refractivity contribution < 1.29 is 5.21 Å². The summed E-state index contributed by atoms with van der Waals surface area (Å²) >= 11 is 5.23. The van der Waals surface area contributed by atoms with Crippen molar-refractivity contribution in [2.75, 3.05) is 5.75 Å². The second-order valence-corrected chi connectivity index (χ2v) is 5.43. The topological polar surface area (TPSA) is 58.6 Å². The van der Waals surface area contributed by atoms with E-state index in [1.807, 2.05) is 23.9 Å². The summed E-state index contributed by atoms with van der Waals surface area (Å²) < 4.78 is 1.10. The predicted octanol–water partition coefficient (Wildman–Crippen LogP) is 3.46. The van der Waals surface area contributed by atoms with Crippen molar-refractivity contribution in [1.82, 2.24) is 0 Å². The van der Waals surface area contributed by atoms with Crippen molar-refractivity contribution >= 4 is 33.5 Å². The van der Waals surface area contributed by atoms with Crippen LogP contribution >= 0.6 is 27.7 Å². The van der Waals surface area contributed by atoms with Gasteiger partial charge < -0.3 is 10.9 Å². The summed E-state index contributed by atoms with van der Waals surface area (Å²) in [5.74, 6) is 1.37. The standard InChI is InChI=1S/C11H15BrN2OS/c12-9-4-6-10(7-5-9)16-8-2-1-3-11(13)14-15/h4-7,15H,1-3,8H2,(H2,13,14). The number of hydrogen-bond donors (Lipinski definition) is 2. The van der Waals surface area contributed by atoms with Gasteiger partial charge in [0.2, 0.25) is 0 Å². The first-order valence-corrected chi connectivity index (χ1v) is 6.85. The summed E-state index contributed by atoms with van der Waals surface area (Å²) in [6.45, 7) is 0. The van der Waals surface area contributed by atoms with E-state index in [-0.39, 0.29) is 0 Å². The lowest BCUT2D eigenvalue weighted by molar-refractivity contribution is 0.316. The van der Waals surface area contributed by atoms with Crippen molar-refractivity contribution in [2.24, 2.45) is 10.9 Å². The zero-order valence-corrected chi connectivity index (χ0v) is 11.3. The van der Waals surface area contributed by atoms with Gasteiger partial charge >= 0.3 is 0 Å². The monoisotopic (exact) mass is 302 g/mol. The van der Waals surface area contributed by atoms with Crippen LogP contribution in [-0.4, -0.2) is 16.8 Å². The molecular weight excluding hydrogens is 288 g/mol. The maximum atomic E-state index is 8.35. The third-order valence-electron chi connectivity index (χ3n) is 2.04. The molecule has 0 atom stereocenters. The van der Waals surface area contributed by atoms with Gasteiger partial charge in [-0.1, -0.05) is 21.1 Å². The molecule has 0 aliphatic heterocycles. The van der Waals surface area contributed by atoms with Crippen LogP contribution in [0.4, 0.5) is 0 Å². The number of thioether (sulfide) groups is 1. The smallest absolute Gasteiger partial charge is 0.139 e. The van der Waals surface area contributed by atoms with Gasteiger partial charge in [-0.15, -0.1) is 11.8 Å². The highest BCUT2D eigenvalue weighted by molar-refractivity contribution is 9.10. The van der Waals surface area contributed by atoms with Crippen LogP contribution in [0.15, 0.2) is 38.8 Å². The zero-order valence-electron chi connectivity index (χ0n) is 8.90. The number of unbranched alkanes of at least 4 members (excludes halogenated alkanes) is 1. The molecule has 0 saturated carbocycles. The summed E-state index contributed by atoms with van der Waals surface area (Å²) in [7, 11) is 0. The Morgan fingerprint density at radius 2 is 2.00 bits per heavy atom. The van der Waals surface area contributed by atoms with Crippen LogP contribution in [0.1, 0.15) is 19.3 Å². The number of oxime groups is 1. The average molecular weight is 303 g/mol. The van der Waals surface area contributed by atoms with Crippen LogP contribution in [0.2, 0.25) is 0 Å². The SMILES string of the molecule is NC(CCCCSc1ccc(Br)cc1)=NO. The normalized spacial score (nSPS) is 11.7. The second kappa shape index (κ2) is 7.57. The highest BCUT2D eigenvalue weighted by Crippen LogP contribution is 2.21. The molecule has 0 radical (unpaired) electrons. The van der Waals surface area contributed by atoms with E-state index in [0.717, 1.165) is 23.1 Å². The molecule has 0 unspecified atom stereocenters. The van der Waals surface area contributed by atoms with Crippen LogP contribution in [0, 0.1) is 0 Å². The third-order valence-corrected chi connectivity index (χ3v) is 3.67. The molecule has 1 aromatic carbocycles. The van der Waals surface area contributed by atoms with Crippen molar-refractivity contribution in [1.29, 1.82) is 0 Å². The number of benzene rings is 1. The Kier molecular flexibility index (Phi) is 6.33. The van der Waals surface area contributed by atoms with Crippen molar-refractivity contribution in [3.05, 3.63) is 28.7 Å². The highest BCUT2D eigenvalue weighted by Gasteiger charge is 1.96. The molecule has 88 valence electrons. The van der Waals surface area contributed by atoms with E-state index in [1.165, 1.54) is 4.90 Å². The average Bonchev–Trinajstić information content (AvgIpc) is 2.31. The van der Waals surface area contributed by atoms with Crippen LogP contribution < -0.4 is 5.73 Å². The maximum absolute atomic E-state index is 8.35. The Balaban J connectivity index is 2.14. The number of halogens is 1. The minimum absolute atomic E-state index is 0.314. The first-order valence-electron chi connectivity index (χ1n) is 5.07. The van der Waals surface area contributed by atoms with Crippen LogP contribution in [-0.2, 0) is 0 Å². The predicted molar refractivity (Wildman–Crippen MR) is 72.1 cm³/mol. The molecule has 3 nitrogen and oxygen atoms in total. The zero-order chi connectivity index (χ0) is 11.8. The first-order chi connectivity index (χ1) is 7.72. The number of nitrogens with zero attached hydrogens (tertiary/aromatic N) is 1. The van der Waals surface area contributed by atoms with Crippen LogP contribution in [0.3, 0.4) is 0 Å². The van der Waals surface area contributed by atoms with E-state index in [9.17, 15) is 0 Å². The van der Waals surface area contributed by atoms with Gasteiger partial charge in [-0.2, -0.15) is 0 Å². The van der Waals surface area contributed by atoms with Gasteiger partial charge in [0.1, 0.15) is 5.84 Å². The summed E-state index contributed by atoms with van der Waals surface area (Å²) in [6, 6.07) is 8.27. The Morgan fingerprint density at radius 3 is 2.62 bits per heavy atom. The van der Waals surface area contributed by atoms with Crippen LogP contribution in [0.25, 0.3) is 0 Å². The van der Waals surface area contributed by atoms with Gasteiger partial charge in [0.15, 0.2) is 0 Å². The Bertz CT molecular complexity index is 340. The molecule has 0 aliphatic carbocycles. The van der Waals surface area contributed by atoms with E-state index < -0.39 is 0 Å². The fourth-order valence-corrected chi connectivity index (χ4v) is 2.36. The molecule has 1 aromatic rings. The van der Waals surface area contributed by atoms with E-state index in [0.29, 0.717) is 12.3 Å². The molecule has 0 heterocycles. The van der Waals surface area contributed by atoms with Gasteiger partial charge in [0.05, 0.1) is 0 Å². The van der Waals surface area contributed by atoms with E-state index >= 15 is 0 Å². The Morgan fingerprint density at radius 1 is 1.31 bits per heavy atom. The first kappa shape index (κ1) is 13.4. The summed E-state index contributed by atoms with van der Waals surface area (Å²) in [5, 5.41) is 11.3. The minimum Gasteiger partial charge on any atom is -0.409 e. The van der Waals surface area contributed by atoms with E-state index in [2.05, 4.69) is 33.2 Å². The van der Waals surface area contributed by atoms with Crippen molar-refractivity contribution in [3.63, 3.8) is 0 Å². The van der Waals surface area contributed by atoms with Gasteiger partial charge in [0, 0.05) is 15.8 Å². The van der Waals surface area contributed by atoms with Gasteiger partial charge in [-0.3, -0.25) is 0 Å². The lowest BCUT2D eigenvalue weighted by Crippen LogP contribution is -2.10. The lowest BCUT2D eigenvalue weighted by atomic mass is 10.2. The minimum atomic E-state index is 0.314. The molecule has 0 saturated heterocycles. The van der Waals surface area contributed by atoms with Gasteiger partial charge in [-0.25, -0.2) is 0 Å². The number of hydrogen-bond acceptors (Lipinski definition) is 3. The number of amidine groups is 1. The highest BCUT2D eigenvalue weighted by atomic mass is 79.9. The quantitative estimate of drug-likeness (QED) is 0.211. The molecule has 0 bridgehead atoms. The van der Waals surface area contributed by atoms with Crippen molar-refractivity contribution in [3.8, 4) is 0 Å². The van der Waals surface area contributed by atoms with Gasteiger partial charge in [-0.05, 0) is 42.9 Å². The number of rotatable bonds is 6. The molecule has 0 fully saturated rings. The molecule has 16 heavy (non-hydrogen) atoms. The molecule has 0 aromatic heterocycles. The molecular formula is C11H15BrN2OS. The Hall–Kier alpha value is -0.680. The summed E-state index contributed by atoms with van der Waals surface area (Å²) in [4.78, 5) is 1.27. The molecule has 0 aliphatic rings. The van der Waals surface area contributed by atoms with E-state index in [1.54, 1.807) is 0 Å². The molecule has 3 N–H and O–H groups in total. The van der Waals surface area contributed by atoms with E-state index in [4.69, 9.17) is 10.9 Å². The lowest BCUT2D eigenvalue weighted by Gasteiger charge is -2.01. The molecule has 0 amide bonds. The fraction of sp³-hybridized carbons (Fsp3) is 0.364. The fourth-order valence-electron chi connectivity index (χ4n) is 1.18. The third kappa shape index (κ3) is 5.42. The van der Waals surface area contributed by atoms with Crippen LogP contribution in [0.5, 0.6) is 0 Å². The van der Waals surface area contributed by atoms with Gasteiger partial charge in [0.25, 0.3) is 0 Å². The molecule has 1 rings (SSSR count). The summed E-state index contributed by atoms with van der Waals surface area (Å²) in [6.07, 6.45) is 2.69. The second-order valence-electron chi connectivity index (χ2n) is 3.35. The molecule has 0 spiro atoms.